The maximum atomic E-state index is 6.71. The first-order chi connectivity index (χ1) is 11.2. The second-order valence-corrected chi connectivity index (χ2v) is 9.12. The molecule has 0 bridgehead atoms. The molecule has 3 rings (SSSR count). The van der Waals surface area contributed by atoms with E-state index in [0.717, 1.165) is 6.42 Å². The van der Waals surface area contributed by atoms with Crippen LogP contribution in [0.3, 0.4) is 0 Å². The van der Waals surface area contributed by atoms with Crippen molar-refractivity contribution in [3.8, 4) is 0 Å². The third kappa shape index (κ3) is 3.18. The number of rotatable bonds is 4. The fourth-order valence-corrected chi connectivity index (χ4v) is 6.77. The zero-order valence-electron chi connectivity index (χ0n) is 13.8. The van der Waals surface area contributed by atoms with Gasteiger partial charge in [0, 0.05) is 6.10 Å². The van der Waals surface area contributed by atoms with Crippen molar-refractivity contribution in [3.05, 3.63) is 73.3 Å². The van der Waals surface area contributed by atoms with E-state index in [1.165, 1.54) is 10.4 Å². The van der Waals surface area contributed by atoms with Gasteiger partial charge in [0.2, 0.25) is 0 Å². The second-order valence-electron chi connectivity index (χ2n) is 6.26. The highest BCUT2D eigenvalue weighted by molar-refractivity contribution is 6.92. The monoisotopic (exact) mass is 324 g/mol. The van der Waals surface area contributed by atoms with Crippen LogP contribution in [0.25, 0.3) is 0 Å². The van der Waals surface area contributed by atoms with Crippen LogP contribution in [0.1, 0.15) is 20.3 Å². The van der Waals surface area contributed by atoms with E-state index in [1.54, 1.807) is 0 Å². The first kappa shape index (κ1) is 16.2. The summed E-state index contributed by atoms with van der Waals surface area (Å²) in [6.07, 6.45) is 3.20. The molecule has 1 aliphatic rings. The van der Waals surface area contributed by atoms with Gasteiger partial charge < -0.3 is 8.85 Å². The molecule has 120 valence electrons. The molecule has 3 atom stereocenters. The van der Waals surface area contributed by atoms with Gasteiger partial charge in [0.15, 0.2) is 0 Å². The molecule has 1 heterocycles. The maximum absolute atomic E-state index is 6.71. The molecule has 1 saturated heterocycles. The summed E-state index contributed by atoms with van der Waals surface area (Å²) in [6, 6.07) is 20.8. The van der Waals surface area contributed by atoms with Gasteiger partial charge in [0.1, 0.15) is 0 Å². The molecule has 0 saturated carbocycles. The van der Waals surface area contributed by atoms with Crippen LogP contribution in [-0.4, -0.2) is 20.8 Å². The van der Waals surface area contributed by atoms with Crippen LogP contribution >= 0.6 is 0 Å². The van der Waals surface area contributed by atoms with E-state index >= 15 is 0 Å². The average Bonchev–Trinajstić information content (AvgIpc) is 2.62. The summed E-state index contributed by atoms with van der Waals surface area (Å²) in [7, 11) is -2.69. The maximum Gasteiger partial charge on any atom is 0.407 e. The topological polar surface area (TPSA) is 18.5 Å². The van der Waals surface area contributed by atoms with Crippen molar-refractivity contribution in [2.24, 2.45) is 5.92 Å². The molecule has 1 fully saturated rings. The zero-order chi connectivity index (χ0) is 16.3. The van der Waals surface area contributed by atoms with Crippen LogP contribution in [0, 0.1) is 5.92 Å². The third-order valence-corrected chi connectivity index (χ3v) is 8.07. The van der Waals surface area contributed by atoms with Gasteiger partial charge in [-0.25, -0.2) is 0 Å². The molecule has 0 aromatic heterocycles. The van der Waals surface area contributed by atoms with E-state index in [4.69, 9.17) is 8.85 Å². The van der Waals surface area contributed by atoms with E-state index in [-0.39, 0.29) is 12.2 Å². The summed E-state index contributed by atoms with van der Waals surface area (Å²) in [5.74, 6) is 0.306. The molecule has 2 aromatic carbocycles. The lowest BCUT2D eigenvalue weighted by atomic mass is 10.00. The van der Waals surface area contributed by atoms with Crippen LogP contribution < -0.4 is 10.4 Å². The third-order valence-electron chi connectivity index (χ3n) is 4.51. The summed E-state index contributed by atoms with van der Waals surface area (Å²) in [6.45, 7) is 8.27. The van der Waals surface area contributed by atoms with Gasteiger partial charge in [0.25, 0.3) is 0 Å². The van der Waals surface area contributed by atoms with Gasteiger partial charge >= 0.3 is 8.56 Å². The molecule has 23 heavy (non-hydrogen) atoms. The van der Waals surface area contributed by atoms with E-state index in [0.29, 0.717) is 5.92 Å². The minimum atomic E-state index is -2.69. The Morgan fingerprint density at radius 3 is 2.00 bits per heavy atom. The van der Waals surface area contributed by atoms with Crippen molar-refractivity contribution in [1.82, 2.24) is 0 Å². The molecule has 0 N–H and O–H groups in total. The van der Waals surface area contributed by atoms with E-state index in [9.17, 15) is 0 Å². The van der Waals surface area contributed by atoms with Crippen molar-refractivity contribution in [2.45, 2.75) is 32.5 Å². The highest BCUT2D eigenvalue weighted by Crippen LogP contribution is 2.28. The SMILES string of the molecule is C=C[C@@H](C)[C@@H]1C[C@H](C)O[Si](c2ccccc2)(c2ccccc2)O1. The second kappa shape index (κ2) is 6.83. The lowest BCUT2D eigenvalue weighted by Gasteiger charge is -2.44. The molecule has 0 radical (unpaired) electrons. The van der Waals surface area contributed by atoms with Crippen LogP contribution in [0.4, 0.5) is 0 Å². The van der Waals surface area contributed by atoms with Crippen LogP contribution in [-0.2, 0) is 8.85 Å². The van der Waals surface area contributed by atoms with Gasteiger partial charge in [-0.2, -0.15) is 0 Å². The van der Waals surface area contributed by atoms with Crippen LogP contribution in [0.2, 0.25) is 0 Å². The average molecular weight is 324 g/mol. The molecule has 0 aliphatic carbocycles. The van der Waals surface area contributed by atoms with Crippen molar-refractivity contribution in [2.75, 3.05) is 0 Å². The van der Waals surface area contributed by atoms with E-state index in [2.05, 4.69) is 69.0 Å². The quantitative estimate of drug-likeness (QED) is 0.635. The summed E-state index contributed by atoms with van der Waals surface area (Å²) >= 11 is 0. The van der Waals surface area contributed by atoms with E-state index < -0.39 is 8.56 Å². The fraction of sp³-hybridized carbons (Fsp3) is 0.300. The Kier molecular flexibility index (Phi) is 4.81. The van der Waals surface area contributed by atoms with Crippen LogP contribution in [0.5, 0.6) is 0 Å². The van der Waals surface area contributed by atoms with Crippen molar-refractivity contribution in [3.63, 3.8) is 0 Å². The lowest BCUT2D eigenvalue weighted by molar-refractivity contribution is 0.00419. The summed E-state index contributed by atoms with van der Waals surface area (Å²) < 4.78 is 13.3. The summed E-state index contributed by atoms with van der Waals surface area (Å²) in [5, 5.41) is 2.33. The van der Waals surface area contributed by atoms with Gasteiger partial charge in [-0.05, 0) is 29.6 Å². The van der Waals surface area contributed by atoms with Crippen molar-refractivity contribution >= 4 is 18.9 Å². The Hall–Kier alpha value is -1.68. The number of benzene rings is 2. The first-order valence-electron chi connectivity index (χ1n) is 8.25. The lowest BCUT2D eigenvalue weighted by Crippen LogP contribution is -2.68. The Labute approximate surface area is 140 Å². The molecule has 0 spiro atoms. The van der Waals surface area contributed by atoms with Crippen molar-refractivity contribution < 1.29 is 8.85 Å². The molecule has 0 amide bonds. The smallest absolute Gasteiger partial charge is 0.385 e. The molecule has 0 unspecified atom stereocenters. The summed E-state index contributed by atoms with van der Waals surface area (Å²) in [4.78, 5) is 0. The van der Waals surface area contributed by atoms with Gasteiger partial charge in [0.05, 0.1) is 6.10 Å². The number of hydrogen-bond donors (Lipinski definition) is 0. The number of hydrogen-bond acceptors (Lipinski definition) is 2. The predicted octanol–water partition coefficient (Wildman–Crippen LogP) is 3.26. The zero-order valence-corrected chi connectivity index (χ0v) is 14.8. The predicted molar refractivity (Wildman–Crippen MR) is 97.3 cm³/mol. The minimum absolute atomic E-state index is 0.142. The molecular formula is C20H24O2Si. The Balaban J connectivity index is 2.10. The molecule has 1 aliphatic heterocycles. The first-order valence-corrected chi connectivity index (χ1v) is 10.1. The highest BCUT2D eigenvalue weighted by Gasteiger charge is 2.49. The minimum Gasteiger partial charge on any atom is -0.385 e. The highest BCUT2D eigenvalue weighted by atomic mass is 28.4. The molecule has 3 heteroatoms. The summed E-state index contributed by atoms with van der Waals surface area (Å²) in [5.41, 5.74) is 0. The fourth-order valence-electron chi connectivity index (χ4n) is 3.18. The van der Waals surface area contributed by atoms with Crippen molar-refractivity contribution in [1.29, 1.82) is 0 Å². The Bertz CT molecular complexity index is 602. The molecule has 2 aromatic rings. The van der Waals surface area contributed by atoms with E-state index in [1.807, 2.05) is 18.2 Å². The van der Waals surface area contributed by atoms with Gasteiger partial charge in [-0.3, -0.25) is 0 Å². The largest absolute Gasteiger partial charge is 0.407 e. The molecule has 2 nitrogen and oxygen atoms in total. The van der Waals surface area contributed by atoms with Crippen LogP contribution in [0.15, 0.2) is 73.3 Å². The Morgan fingerprint density at radius 1 is 1.00 bits per heavy atom. The molecular weight excluding hydrogens is 300 g/mol. The normalized spacial score (nSPS) is 24.8. The van der Waals surface area contributed by atoms with Gasteiger partial charge in [-0.15, -0.1) is 6.58 Å². The van der Waals surface area contributed by atoms with Gasteiger partial charge in [-0.1, -0.05) is 73.7 Å². The Morgan fingerprint density at radius 2 is 1.52 bits per heavy atom. The standard InChI is InChI=1S/C20H24O2Si/c1-4-16(2)20-15-17(3)21-23(22-20,18-11-7-5-8-12-18)19-13-9-6-10-14-19/h4-14,16-17,20H,1,15H2,2-3H3/t16-,17+,20+/m1/s1.